The molecule has 0 unspecified atom stereocenters. The van der Waals surface area contributed by atoms with Crippen LogP contribution in [0.15, 0.2) is 29.2 Å². The van der Waals surface area contributed by atoms with Gasteiger partial charge in [-0.15, -0.1) is 0 Å². The monoisotopic (exact) mass is 333 g/mol. The van der Waals surface area contributed by atoms with Crippen LogP contribution in [0.25, 0.3) is 0 Å². The summed E-state index contributed by atoms with van der Waals surface area (Å²) in [6.45, 7) is 0. The van der Waals surface area contributed by atoms with Crippen molar-refractivity contribution in [1.82, 2.24) is 5.32 Å². The van der Waals surface area contributed by atoms with Gasteiger partial charge in [-0.25, -0.2) is 0 Å². The third-order valence-corrected chi connectivity index (χ3v) is 4.77. The number of halogens is 6. The van der Waals surface area contributed by atoms with E-state index in [1.165, 1.54) is 29.6 Å². The molecule has 2 nitrogen and oxygen atoms in total. The predicted octanol–water partition coefficient (Wildman–Crippen LogP) is 3.88. The zero-order valence-electron chi connectivity index (χ0n) is 8.89. The Morgan fingerprint density at radius 2 is 1.63 bits per heavy atom. The van der Waals surface area contributed by atoms with Crippen LogP contribution in [0.3, 0.4) is 0 Å². The largest absolute Gasteiger partial charge is 0.361 e. The van der Waals surface area contributed by atoms with Gasteiger partial charge in [0, 0.05) is 4.90 Å². The molecule has 1 aromatic rings. The second-order valence-corrected chi connectivity index (χ2v) is 5.93. The maximum Gasteiger partial charge on any atom is 0.361 e. The molecule has 19 heavy (non-hydrogen) atoms. The molecule has 2 rings (SSSR count). The summed E-state index contributed by atoms with van der Waals surface area (Å²) in [5.41, 5.74) is 0.00459. The van der Waals surface area contributed by atoms with Crippen molar-refractivity contribution in [2.24, 2.45) is 0 Å². The minimum atomic E-state index is -4.45. The fourth-order valence-electron chi connectivity index (χ4n) is 1.58. The summed E-state index contributed by atoms with van der Waals surface area (Å²) in [5.74, 6) is -1.09. The number of thioether (sulfide) groups is 1. The highest BCUT2D eigenvalue weighted by Crippen LogP contribution is 2.56. The molecule has 1 aromatic carbocycles. The first-order valence-electron chi connectivity index (χ1n) is 4.82. The van der Waals surface area contributed by atoms with Gasteiger partial charge in [-0.3, -0.25) is 4.79 Å². The molecule has 0 bridgehead atoms. The molecule has 0 aliphatic carbocycles. The highest BCUT2D eigenvalue weighted by atomic mass is 35.5. The average molecular weight is 334 g/mol. The molecule has 0 saturated heterocycles. The standard InChI is InChI=1S/C10H5Cl2F4NOS/c11-9(13,14)8(10(12,15)16)17-7(18)5-3-1-2-4-6(5)19-8/h1-4H,(H,17,18). The van der Waals surface area contributed by atoms with Crippen molar-refractivity contribution < 1.29 is 22.4 Å². The molecule has 1 N–H and O–H groups in total. The average Bonchev–Trinajstić information content (AvgIpc) is 2.26. The van der Waals surface area contributed by atoms with Crippen LogP contribution in [-0.4, -0.2) is 21.5 Å². The zero-order valence-corrected chi connectivity index (χ0v) is 11.2. The van der Waals surface area contributed by atoms with E-state index in [1.807, 2.05) is 0 Å². The van der Waals surface area contributed by atoms with Crippen LogP contribution in [0.1, 0.15) is 10.4 Å². The highest BCUT2D eigenvalue weighted by Gasteiger charge is 2.70. The Morgan fingerprint density at radius 1 is 1.11 bits per heavy atom. The van der Waals surface area contributed by atoms with Crippen LogP contribution >= 0.6 is 35.0 Å². The van der Waals surface area contributed by atoms with E-state index in [4.69, 9.17) is 23.2 Å². The highest BCUT2D eigenvalue weighted by molar-refractivity contribution is 8.01. The molecule has 1 amide bonds. The lowest BCUT2D eigenvalue weighted by Gasteiger charge is -2.42. The first-order chi connectivity index (χ1) is 8.58. The number of nitrogens with one attached hydrogen (secondary N) is 1. The van der Waals surface area contributed by atoms with Gasteiger partial charge in [0.05, 0.1) is 5.56 Å². The number of carbonyl (C=O) groups excluding carboxylic acids is 1. The molecule has 1 heterocycles. The van der Waals surface area contributed by atoms with Crippen molar-refractivity contribution in [3.8, 4) is 0 Å². The lowest BCUT2D eigenvalue weighted by molar-refractivity contribution is -0.0692. The molecule has 1 aliphatic heterocycles. The van der Waals surface area contributed by atoms with E-state index in [1.54, 1.807) is 0 Å². The Balaban J connectivity index is 2.60. The number of rotatable bonds is 2. The molecule has 104 valence electrons. The van der Waals surface area contributed by atoms with E-state index in [0.717, 1.165) is 0 Å². The van der Waals surface area contributed by atoms with Crippen LogP contribution < -0.4 is 5.32 Å². The van der Waals surface area contributed by atoms with E-state index >= 15 is 0 Å². The summed E-state index contributed by atoms with van der Waals surface area (Å²) in [7, 11) is 0. The molecule has 0 atom stereocenters. The van der Waals surface area contributed by atoms with E-state index < -0.39 is 21.5 Å². The lowest BCUT2D eigenvalue weighted by Crippen LogP contribution is -2.65. The van der Waals surface area contributed by atoms with Crippen LogP contribution in [0.5, 0.6) is 0 Å². The van der Waals surface area contributed by atoms with Crippen molar-refractivity contribution in [2.75, 3.05) is 0 Å². The zero-order chi connectivity index (χ0) is 14.5. The number of benzene rings is 1. The maximum absolute atomic E-state index is 13.4. The minimum absolute atomic E-state index is 0.00459. The summed E-state index contributed by atoms with van der Waals surface area (Å²) >= 11 is 9.53. The summed E-state index contributed by atoms with van der Waals surface area (Å²) < 4.78 is 53.6. The summed E-state index contributed by atoms with van der Waals surface area (Å²) in [6.07, 6.45) is 0. The maximum atomic E-state index is 13.4. The van der Waals surface area contributed by atoms with Crippen LogP contribution in [-0.2, 0) is 0 Å². The number of alkyl halides is 6. The molecule has 0 fully saturated rings. The summed E-state index contributed by atoms with van der Waals surface area (Å²) in [4.78, 5) is 8.19. The normalized spacial score (nSPS) is 18.7. The lowest BCUT2D eigenvalue weighted by atomic mass is 10.1. The first-order valence-corrected chi connectivity index (χ1v) is 6.40. The smallest absolute Gasteiger partial charge is 0.325 e. The number of hydrogen-bond acceptors (Lipinski definition) is 2. The van der Waals surface area contributed by atoms with Crippen molar-refractivity contribution in [1.29, 1.82) is 0 Å². The quantitative estimate of drug-likeness (QED) is 0.657. The van der Waals surface area contributed by atoms with Crippen LogP contribution in [0.2, 0.25) is 0 Å². The third kappa shape index (κ3) is 2.28. The Bertz CT molecular complexity index is 515. The predicted molar refractivity (Wildman–Crippen MR) is 64.1 cm³/mol. The van der Waals surface area contributed by atoms with Gasteiger partial charge in [0.25, 0.3) is 5.91 Å². The molecular weight excluding hydrogens is 329 g/mol. The van der Waals surface area contributed by atoms with E-state index in [0.29, 0.717) is 0 Å². The van der Waals surface area contributed by atoms with Gasteiger partial charge in [0.15, 0.2) is 0 Å². The van der Waals surface area contributed by atoms with Crippen LogP contribution in [0.4, 0.5) is 17.6 Å². The number of hydrogen-bond donors (Lipinski definition) is 1. The van der Waals surface area contributed by atoms with Crippen LogP contribution in [0, 0.1) is 0 Å². The first kappa shape index (κ1) is 14.7. The van der Waals surface area contributed by atoms with Gasteiger partial charge < -0.3 is 5.32 Å². The number of carbonyl (C=O) groups is 1. The van der Waals surface area contributed by atoms with Gasteiger partial charge >= 0.3 is 10.8 Å². The summed E-state index contributed by atoms with van der Waals surface area (Å²) in [5, 5.41) is -7.38. The second kappa shape index (κ2) is 4.43. The van der Waals surface area contributed by atoms with Crippen molar-refractivity contribution in [3.63, 3.8) is 0 Å². The number of fused-ring (bicyclic) bond motifs is 1. The molecule has 0 radical (unpaired) electrons. The van der Waals surface area contributed by atoms with E-state index in [9.17, 15) is 22.4 Å². The minimum Gasteiger partial charge on any atom is -0.325 e. The Morgan fingerprint density at radius 3 is 2.16 bits per heavy atom. The van der Waals surface area contributed by atoms with Gasteiger partial charge in [0.2, 0.25) is 4.87 Å². The third-order valence-electron chi connectivity index (χ3n) is 2.48. The van der Waals surface area contributed by atoms with Gasteiger partial charge in [-0.2, -0.15) is 17.6 Å². The fraction of sp³-hybridized carbons (Fsp3) is 0.300. The molecule has 0 aromatic heterocycles. The molecule has 1 aliphatic rings. The Labute approximate surface area is 119 Å². The van der Waals surface area contributed by atoms with Crippen molar-refractivity contribution >= 4 is 40.9 Å². The second-order valence-electron chi connectivity index (χ2n) is 3.73. The Kier molecular flexibility index (Phi) is 3.43. The Hall–Kier alpha value is -0.660. The topological polar surface area (TPSA) is 29.1 Å². The van der Waals surface area contributed by atoms with Gasteiger partial charge in [-0.1, -0.05) is 23.9 Å². The molecule has 0 saturated carbocycles. The molecular formula is C10H5Cl2F4NOS. The fourth-order valence-corrected chi connectivity index (χ4v) is 3.31. The summed E-state index contributed by atoms with van der Waals surface area (Å²) in [6, 6.07) is 5.48. The van der Waals surface area contributed by atoms with E-state index in [-0.39, 0.29) is 22.2 Å². The molecule has 9 heteroatoms. The van der Waals surface area contributed by atoms with E-state index in [2.05, 4.69) is 0 Å². The van der Waals surface area contributed by atoms with Crippen molar-refractivity contribution in [3.05, 3.63) is 29.8 Å². The van der Waals surface area contributed by atoms with Gasteiger partial charge in [0.1, 0.15) is 0 Å². The van der Waals surface area contributed by atoms with Gasteiger partial charge in [-0.05, 0) is 35.3 Å². The van der Waals surface area contributed by atoms with Crippen molar-refractivity contribution in [2.45, 2.75) is 20.5 Å². The molecule has 0 spiro atoms. The SMILES string of the molecule is O=C1NC(C(F)(F)Cl)(C(F)(F)Cl)Sc2ccccc21. The number of amides is 1.